The van der Waals surface area contributed by atoms with Gasteiger partial charge in [0.05, 0.1) is 23.1 Å². The molecule has 0 amide bonds. The topological polar surface area (TPSA) is 66.7 Å². The molecule has 4 N–H and O–H groups in total. The molecular formula is C14H20N4S. The summed E-state index contributed by atoms with van der Waals surface area (Å²) >= 11 is 1.98. The Morgan fingerprint density at radius 2 is 2.32 bits per heavy atom. The van der Waals surface area contributed by atoms with Gasteiger partial charge in [-0.1, -0.05) is 6.42 Å². The lowest BCUT2D eigenvalue weighted by Crippen LogP contribution is -2.28. The van der Waals surface area contributed by atoms with Gasteiger partial charge in [0.15, 0.2) is 0 Å². The van der Waals surface area contributed by atoms with E-state index in [9.17, 15) is 0 Å². The van der Waals surface area contributed by atoms with Crippen molar-refractivity contribution >= 4 is 34.0 Å². The van der Waals surface area contributed by atoms with Crippen molar-refractivity contribution in [3.63, 3.8) is 0 Å². The Bertz CT molecular complexity index is 566. The van der Waals surface area contributed by atoms with Crippen LogP contribution in [0, 0.1) is 0 Å². The smallest absolute Gasteiger partial charge is 0.0672 e. The molecular weight excluding hydrogens is 256 g/mol. The van der Waals surface area contributed by atoms with Gasteiger partial charge in [0.25, 0.3) is 0 Å². The molecule has 0 saturated heterocycles. The molecule has 0 aliphatic heterocycles. The van der Waals surface area contributed by atoms with E-state index >= 15 is 0 Å². The van der Waals surface area contributed by atoms with Crippen molar-refractivity contribution in [1.29, 1.82) is 0 Å². The number of H-pyrrole nitrogens is 1. The molecule has 0 spiro atoms. The van der Waals surface area contributed by atoms with E-state index in [0.29, 0.717) is 6.04 Å². The number of fused-ring (bicyclic) bond motifs is 1. The van der Waals surface area contributed by atoms with Crippen LogP contribution in [0.4, 0.5) is 11.4 Å². The van der Waals surface area contributed by atoms with Crippen LogP contribution in [0.1, 0.15) is 25.7 Å². The second-order valence-corrected chi connectivity index (χ2v) is 6.40. The van der Waals surface area contributed by atoms with E-state index in [4.69, 9.17) is 5.73 Å². The van der Waals surface area contributed by atoms with Crippen molar-refractivity contribution in [1.82, 2.24) is 10.2 Å². The second-order valence-electron chi connectivity index (χ2n) is 5.26. The Labute approximate surface area is 117 Å². The first-order valence-corrected chi connectivity index (χ1v) is 8.07. The lowest BCUT2D eigenvalue weighted by Gasteiger charge is -2.29. The molecule has 1 aromatic heterocycles. The summed E-state index contributed by atoms with van der Waals surface area (Å²) < 4.78 is 0. The van der Waals surface area contributed by atoms with E-state index in [-0.39, 0.29) is 0 Å². The van der Waals surface area contributed by atoms with Gasteiger partial charge in [-0.05, 0) is 37.7 Å². The summed E-state index contributed by atoms with van der Waals surface area (Å²) in [6, 6.07) is 4.59. The molecule has 3 rings (SSSR count). The first kappa shape index (κ1) is 12.7. The maximum atomic E-state index is 6.12. The van der Waals surface area contributed by atoms with E-state index in [0.717, 1.165) is 27.5 Å². The number of aromatic amines is 1. The molecule has 0 radical (unpaired) electrons. The predicted molar refractivity (Wildman–Crippen MR) is 83.7 cm³/mol. The number of nitrogen functional groups attached to an aromatic ring is 1. The molecule has 1 aromatic carbocycles. The second kappa shape index (κ2) is 5.33. The van der Waals surface area contributed by atoms with Crippen LogP contribution in [-0.4, -0.2) is 27.7 Å². The number of anilines is 2. The Hall–Kier alpha value is -1.36. The minimum atomic E-state index is 0.536. The highest BCUT2D eigenvalue weighted by Crippen LogP contribution is 2.31. The van der Waals surface area contributed by atoms with Crippen LogP contribution in [0.2, 0.25) is 0 Å². The summed E-state index contributed by atoms with van der Waals surface area (Å²) in [4.78, 5) is 0. The number of nitrogens with two attached hydrogens (primary N) is 1. The fraction of sp³-hybridized carbons (Fsp3) is 0.500. The van der Waals surface area contributed by atoms with Crippen molar-refractivity contribution in [2.45, 2.75) is 37.0 Å². The first-order chi connectivity index (χ1) is 9.26. The van der Waals surface area contributed by atoms with Crippen molar-refractivity contribution in [2.24, 2.45) is 0 Å². The third-order valence-corrected chi connectivity index (χ3v) is 5.02. The molecule has 2 unspecified atom stereocenters. The average molecular weight is 276 g/mol. The molecule has 2 atom stereocenters. The number of hydrogen-bond acceptors (Lipinski definition) is 4. The molecule has 4 nitrogen and oxygen atoms in total. The zero-order valence-corrected chi connectivity index (χ0v) is 12.0. The molecule has 1 aliphatic rings. The molecule has 102 valence electrons. The number of rotatable bonds is 3. The van der Waals surface area contributed by atoms with E-state index < -0.39 is 0 Å². The standard InChI is InChI=1S/C14H20N4S/c1-19-11-4-2-3-10(6-11)17-14-7-13-9(5-12(14)15)8-16-18-13/h5,7-8,10-11,17H,2-4,6,15H2,1H3,(H,16,18). The Morgan fingerprint density at radius 1 is 1.42 bits per heavy atom. The maximum Gasteiger partial charge on any atom is 0.0672 e. The van der Waals surface area contributed by atoms with Crippen LogP contribution in [0.5, 0.6) is 0 Å². The lowest BCUT2D eigenvalue weighted by atomic mass is 9.94. The van der Waals surface area contributed by atoms with E-state index in [1.165, 1.54) is 25.7 Å². The van der Waals surface area contributed by atoms with Crippen molar-refractivity contribution in [3.05, 3.63) is 18.3 Å². The summed E-state index contributed by atoms with van der Waals surface area (Å²) in [6.07, 6.45) is 9.11. The summed E-state index contributed by atoms with van der Waals surface area (Å²) in [7, 11) is 0. The van der Waals surface area contributed by atoms with Crippen LogP contribution in [0.25, 0.3) is 10.9 Å². The van der Waals surface area contributed by atoms with E-state index in [2.05, 4.69) is 27.8 Å². The van der Waals surface area contributed by atoms with Crippen LogP contribution in [0.3, 0.4) is 0 Å². The molecule has 2 aromatic rings. The molecule has 1 aliphatic carbocycles. The Kier molecular flexibility index (Phi) is 3.55. The molecule has 1 fully saturated rings. The van der Waals surface area contributed by atoms with E-state index in [1.807, 2.05) is 17.8 Å². The van der Waals surface area contributed by atoms with Gasteiger partial charge in [-0.25, -0.2) is 0 Å². The van der Waals surface area contributed by atoms with Gasteiger partial charge in [-0.3, -0.25) is 5.10 Å². The van der Waals surface area contributed by atoms with Crippen molar-refractivity contribution < 1.29 is 0 Å². The summed E-state index contributed by atoms with van der Waals surface area (Å²) in [5.74, 6) is 0. The minimum Gasteiger partial charge on any atom is -0.397 e. The Morgan fingerprint density at radius 3 is 3.16 bits per heavy atom. The molecule has 5 heteroatoms. The van der Waals surface area contributed by atoms with Crippen LogP contribution < -0.4 is 11.1 Å². The third-order valence-electron chi connectivity index (χ3n) is 3.93. The summed E-state index contributed by atoms with van der Waals surface area (Å²) in [5.41, 5.74) is 8.99. The quantitative estimate of drug-likeness (QED) is 0.753. The summed E-state index contributed by atoms with van der Waals surface area (Å²) in [6.45, 7) is 0. The SMILES string of the molecule is CSC1CCCC(Nc2cc3[nH]ncc3cc2N)C1. The van der Waals surface area contributed by atoms with Gasteiger partial charge in [0.1, 0.15) is 0 Å². The molecule has 19 heavy (non-hydrogen) atoms. The number of thioether (sulfide) groups is 1. The fourth-order valence-electron chi connectivity index (χ4n) is 2.84. The predicted octanol–water partition coefficient (Wildman–Crippen LogP) is 3.23. The number of aromatic nitrogens is 2. The average Bonchev–Trinajstić information content (AvgIpc) is 2.86. The molecule has 1 saturated carbocycles. The van der Waals surface area contributed by atoms with Gasteiger partial charge in [0.2, 0.25) is 0 Å². The molecule has 1 heterocycles. The fourth-order valence-corrected chi connectivity index (χ4v) is 3.67. The highest BCUT2D eigenvalue weighted by atomic mass is 32.2. The van der Waals surface area contributed by atoms with Gasteiger partial charge in [-0.15, -0.1) is 0 Å². The van der Waals surface area contributed by atoms with Gasteiger partial charge in [-0.2, -0.15) is 16.9 Å². The van der Waals surface area contributed by atoms with Crippen molar-refractivity contribution in [2.75, 3.05) is 17.3 Å². The van der Waals surface area contributed by atoms with Gasteiger partial charge in [0, 0.05) is 16.7 Å². The highest BCUT2D eigenvalue weighted by molar-refractivity contribution is 7.99. The highest BCUT2D eigenvalue weighted by Gasteiger charge is 2.21. The van der Waals surface area contributed by atoms with Gasteiger partial charge >= 0.3 is 0 Å². The number of nitrogens with one attached hydrogen (secondary N) is 2. The summed E-state index contributed by atoms with van der Waals surface area (Å²) in [5, 5.41) is 12.5. The zero-order valence-electron chi connectivity index (χ0n) is 11.1. The normalized spacial score (nSPS) is 23.6. The molecule has 0 bridgehead atoms. The Balaban J connectivity index is 1.78. The van der Waals surface area contributed by atoms with E-state index in [1.54, 1.807) is 6.20 Å². The monoisotopic (exact) mass is 276 g/mol. The van der Waals surface area contributed by atoms with Crippen LogP contribution in [-0.2, 0) is 0 Å². The minimum absolute atomic E-state index is 0.536. The maximum absolute atomic E-state index is 6.12. The van der Waals surface area contributed by atoms with Crippen molar-refractivity contribution in [3.8, 4) is 0 Å². The van der Waals surface area contributed by atoms with Gasteiger partial charge < -0.3 is 11.1 Å². The number of benzene rings is 1. The first-order valence-electron chi connectivity index (χ1n) is 6.78. The number of nitrogens with zero attached hydrogens (tertiary/aromatic N) is 1. The van der Waals surface area contributed by atoms with Crippen LogP contribution >= 0.6 is 11.8 Å². The lowest BCUT2D eigenvalue weighted by molar-refractivity contribution is 0.474. The zero-order chi connectivity index (χ0) is 13.2. The third kappa shape index (κ3) is 2.66. The largest absolute Gasteiger partial charge is 0.397 e. The van der Waals surface area contributed by atoms with Crippen LogP contribution in [0.15, 0.2) is 18.3 Å². The number of hydrogen-bond donors (Lipinski definition) is 3.